The molecule has 0 aromatic heterocycles. The lowest BCUT2D eigenvalue weighted by Gasteiger charge is -1.95. The molecule has 130 valence electrons. The van der Waals surface area contributed by atoms with Gasteiger partial charge in [0.15, 0.2) is 0 Å². The van der Waals surface area contributed by atoms with E-state index in [2.05, 4.69) is 60.3 Å². The molecular formula is C21H34O2. The molecule has 0 radical (unpaired) electrons. The number of unbranched alkanes of at least 4 members (excludes halogenated alkanes) is 4. The standard InChI is InChI=1S/C21H34O2/c1-3-4-5-6-7-8-9-10-11-12-13-14-15-16-17-18-19-20-21(22)23-2/h7-8,10-11,13-14,16-17H,3-6,9,12,15,18-20H2,1-2H3/b8-7-,11-10-,14-13-,17-16-/i1+1. The highest BCUT2D eigenvalue weighted by Gasteiger charge is 1.96. The van der Waals surface area contributed by atoms with Crippen molar-refractivity contribution in [1.29, 1.82) is 0 Å². The molecule has 0 aliphatic rings. The lowest BCUT2D eigenvalue weighted by molar-refractivity contribution is -0.140. The van der Waals surface area contributed by atoms with Gasteiger partial charge in [0.05, 0.1) is 7.11 Å². The molecule has 0 unspecified atom stereocenters. The Morgan fingerprint density at radius 2 is 1.22 bits per heavy atom. The lowest BCUT2D eigenvalue weighted by Crippen LogP contribution is -1.98. The third-order valence-corrected chi connectivity index (χ3v) is 3.44. The van der Waals surface area contributed by atoms with Crippen molar-refractivity contribution in [1.82, 2.24) is 0 Å². The van der Waals surface area contributed by atoms with Gasteiger partial charge in [-0.25, -0.2) is 0 Å². The van der Waals surface area contributed by atoms with Gasteiger partial charge in [-0.3, -0.25) is 4.79 Å². The van der Waals surface area contributed by atoms with Crippen molar-refractivity contribution in [3.05, 3.63) is 48.6 Å². The van der Waals surface area contributed by atoms with E-state index in [0.717, 1.165) is 32.1 Å². The molecule has 0 saturated carbocycles. The predicted octanol–water partition coefficient (Wildman–Crippen LogP) is 6.31. The van der Waals surface area contributed by atoms with Gasteiger partial charge in [0, 0.05) is 6.42 Å². The summed E-state index contributed by atoms with van der Waals surface area (Å²) in [5.74, 6) is -0.124. The summed E-state index contributed by atoms with van der Waals surface area (Å²) in [6.07, 6.45) is 28.1. The van der Waals surface area contributed by atoms with Crippen molar-refractivity contribution in [2.75, 3.05) is 7.11 Å². The van der Waals surface area contributed by atoms with E-state index in [1.165, 1.54) is 32.8 Å². The highest BCUT2D eigenvalue weighted by atomic mass is 16.5. The third kappa shape index (κ3) is 18.4. The first-order valence-corrected chi connectivity index (χ1v) is 8.98. The second kappa shape index (κ2) is 18.5. The molecule has 0 fully saturated rings. The van der Waals surface area contributed by atoms with Gasteiger partial charge in [0.1, 0.15) is 0 Å². The van der Waals surface area contributed by atoms with Crippen LogP contribution in [-0.2, 0) is 9.53 Å². The summed E-state index contributed by atoms with van der Waals surface area (Å²) >= 11 is 0. The van der Waals surface area contributed by atoms with E-state index in [-0.39, 0.29) is 5.97 Å². The van der Waals surface area contributed by atoms with Gasteiger partial charge in [0.2, 0.25) is 0 Å². The maximum absolute atomic E-state index is 10.9. The number of carbonyl (C=O) groups is 1. The minimum atomic E-state index is -0.124. The summed E-state index contributed by atoms with van der Waals surface area (Å²) < 4.78 is 4.59. The SMILES string of the molecule is COC(=O)CCC/C=C\C/C=C\C/C=C\C/C=C\CCCC[13CH3]. The fourth-order valence-corrected chi connectivity index (χ4v) is 2.03. The average molecular weight is 319 g/mol. The summed E-state index contributed by atoms with van der Waals surface area (Å²) in [5.41, 5.74) is 0. The van der Waals surface area contributed by atoms with Crippen molar-refractivity contribution in [3.8, 4) is 0 Å². The minimum Gasteiger partial charge on any atom is -0.469 e. The molecule has 23 heavy (non-hydrogen) atoms. The number of rotatable bonds is 14. The topological polar surface area (TPSA) is 26.3 Å². The van der Waals surface area contributed by atoms with Crippen LogP contribution in [0.5, 0.6) is 0 Å². The highest BCUT2D eigenvalue weighted by molar-refractivity contribution is 5.69. The molecule has 2 heteroatoms. The number of hydrogen-bond donors (Lipinski definition) is 0. The second-order valence-electron chi connectivity index (χ2n) is 5.56. The Morgan fingerprint density at radius 3 is 1.70 bits per heavy atom. The summed E-state index contributed by atoms with van der Waals surface area (Å²) in [6.45, 7) is 2.24. The first kappa shape index (κ1) is 21.4. The first-order chi connectivity index (χ1) is 11.3. The average Bonchev–Trinajstić information content (AvgIpc) is 2.57. The third-order valence-electron chi connectivity index (χ3n) is 3.44. The van der Waals surface area contributed by atoms with E-state index in [0.29, 0.717) is 6.42 Å². The van der Waals surface area contributed by atoms with Crippen molar-refractivity contribution >= 4 is 5.97 Å². The van der Waals surface area contributed by atoms with E-state index in [9.17, 15) is 4.79 Å². The van der Waals surface area contributed by atoms with Gasteiger partial charge < -0.3 is 4.74 Å². The van der Waals surface area contributed by atoms with Gasteiger partial charge in [-0.2, -0.15) is 0 Å². The number of allylic oxidation sites excluding steroid dienone is 8. The van der Waals surface area contributed by atoms with Gasteiger partial charge >= 0.3 is 5.97 Å². The molecule has 0 aliphatic carbocycles. The quantitative estimate of drug-likeness (QED) is 0.162. The maximum atomic E-state index is 10.9. The van der Waals surface area contributed by atoms with Crippen molar-refractivity contribution in [2.45, 2.75) is 71.1 Å². The molecule has 0 spiro atoms. The van der Waals surface area contributed by atoms with Crippen LogP contribution < -0.4 is 0 Å². The van der Waals surface area contributed by atoms with Crippen LogP contribution in [0.2, 0.25) is 0 Å². The zero-order valence-electron chi connectivity index (χ0n) is 15.0. The van der Waals surface area contributed by atoms with E-state index < -0.39 is 0 Å². The molecule has 0 atom stereocenters. The maximum Gasteiger partial charge on any atom is 0.305 e. The monoisotopic (exact) mass is 319 g/mol. The molecule has 0 rings (SSSR count). The zero-order valence-corrected chi connectivity index (χ0v) is 15.0. The van der Waals surface area contributed by atoms with Gasteiger partial charge in [-0.1, -0.05) is 68.4 Å². The number of ether oxygens (including phenoxy) is 1. The van der Waals surface area contributed by atoms with E-state index in [1.807, 2.05) is 0 Å². The largest absolute Gasteiger partial charge is 0.469 e. The van der Waals surface area contributed by atoms with Crippen LogP contribution in [0.25, 0.3) is 0 Å². The Labute approximate surface area is 143 Å². The Hall–Kier alpha value is -1.57. The van der Waals surface area contributed by atoms with Crippen molar-refractivity contribution < 1.29 is 9.53 Å². The molecule has 0 N–H and O–H groups in total. The summed E-state index contributed by atoms with van der Waals surface area (Å²) in [7, 11) is 1.43. The molecule has 0 aromatic rings. The highest BCUT2D eigenvalue weighted by Crippen LogP contribution is 2.01. The number of hydrogen-bond acceptors (Lipinski definition) is 2. The predicted molar refractivity (Wildman–Crippen MR) is 100 cm³/mol. The van der Waals surface area contributed by atoms with Crippen LogP contribution in [0.4, 0.5) is 0 Å². The van der Waals surface area contributed by atoms with Gasteiger partial charge in [0.25, 0.3) is 0 Å². The number of methoxy groups -OCH3 is 1. The van der Waals surface area contributed by atoms with E-state index in [4.69, 9.17) is 0 Å². The summed E-state index contributed by atoms with van der Waals surface area (Å²) in [4.78, 5) is 10.9. The Bertz CT molecular complexity index is 375. The van der Waals surface area contributed by atoms with Crippen LogP contribution in [0.1, 0.15) is 71.1 Å². The van der Waals surface area contributed by atoms with E-state index >= 15 is 0 Å². The van der Waals surface area contributed by atoms with Crippen molar-refractivity contribution in [2.24, 2.45) is 0 Å². The second-order valence-corrected chi connectivity index (χ2v) is 5.56. The van der Waals surface area contributed by atoms with Crippen LogP contribution in [-0.4, -0.2) is 13.1 Å². The minimum absolute atomic E-state index is 0.124. The molecule has 0 bridgehead atoms. The lowest BCUT2D eigenvalue weighted by atomic mass is 10.2. The fourth-order valence-electron chi connectivity index (χ4n) is 2.03. The Balaban J connectivity index is 3.42. The fraction of sp³-hybridized carbons (Fsp3) is 0.571. The first-order valence-electron chi connectivity index (χ1n) is 8.98. The number of esters is 1. The molecule has 0 aliphatic heterocycles. The molecule has 2 nitrogen and oxygen atoms in total. The Kier molecular flexibility index (Phi) is 17.2. The molecule has 0 amide bonds. The van der Waals surface area contributed by atoms with E-state index in [1.54, 1.807) is 0 Å². The molecular weight excluding hydrogens is 285 g/mol. The van der Waals surface area contributed by atoms with Crippen LogP contribution in [0.15, 0.2) is 48.6 Å². The van der Waals surface area contributed by atoms with Crippen LogP contribution in [0, 0.1) is 0 Å². The smallest absolute Gasteiger partial charge is 0.305 e. The van der Waals surface area contributed by atoms with Gasteiger partial charge in [-0.05, 0) is 44.9 Å². The Morgan fingerprint density at radius 1 is 0.739 bits per heavy atom. The molecule has 0 saturated heterocycles. The molecule has 0 aromatic carbocycles. The number of carbonyl (C=O) groups excluding carboxylic acids is 1. The zero-order chi connectivity index (χ0) is 17.0. The van der Waals surface area contributed by atoms with Gasteiger partial charge in [-0.15, -0.1) is 0 Å². The normalized spacial score (nSPS) is 12.3. The van der Waals surface area contributed by atoms with Crippen LogP contribution >= 0.6 is 0 Å². The van der Waals surface area contributed by atoms with Crippen molar-refractivity contribution in [3.63, 3.8) is 0 Å². The van der Waals surface area contributed by atoms with Crippen LogP contribution in [0.3, 0.4) is 0 Å². The molecule has 0 heterocycles. The summed E-state index contributed by atoms with van der Waals surface area (Å²) in [5, 5.41) is 0. The summed E-state index contributed by atoms with van der Waals surface area (Å²) in [6, 6.07) is 0.